The van der Waals surface area contributed by atoms with E-state index in [4.69, 9.17) is 14.1 Å². The van der Waals surface area contributed by atoms with Gasteiger partial charge in [-0.05, 0) is 168 Å². The average Bonchev–Trinajstić information content (AvgIpc) is 1.51. The summed E-state index contributed by atoms with van der Waals surface area (Å²) in [6.45, 7) is 40.2. The number of hydrogen-bond donors (Lipinski definition) is 0. The van der Waals surface area contributed by atoms with Crippen LogP contribution in [0.3, 0.4) is 0 Å². The molecular weight excluding hydrogens is 1100 g/mol. The Balaban J connectivity index is 1.05. The molecule has 456 valence electrons. The highest BCUT2D eigenvalue weighted by Crippen LogP contribution is 2.55. The fraction of sp³-hybridized carbons (Fsp3) is 0.298. The number of benzene rings is 9. The molecule has 0 fully saturated rings. The summed E-state index contributed by atoms with van der Waals surface area (Å²) >= 11 is 0. The number of fused-ring (bicyclic) bond motifs is 8. The second-order valence-electron chi connectivity index (χ2n) is 29.6. The van der Waals surface area contributed by atoms with Gasteiger partial charge in [-0.3, -0.25) is 4.57 Å². The van der Waals surface area contributed by atoms with E-state index in [1.807, 2.05) is 12.3 Å². The van der Waals surface area contributed by atoms with Gasteiger partial charge in [0.2, 0.25) is 0 Å². The van der Waals surface area contributed by atoms with Crippen molar-refractivity contribution in [3.8, 4) is 50.7 Å². The Hall–Kier alpha value is -8.87. The average molecular weight is 1190 g/mol. The van der Waals surface area contributed by atoms with Crippen LogP contribution in [0.25, 0.3) is 82.9 Å². The van der Waals surface area contributed by atoms with Crippen LogP contribution in [-0.2, 0) is 16.2 Å². The van der Waals surface area contributed by atoms with E-state index < -0.39 is 0 Å². The zero-order chi connectivity index (χ0) is 63.5. The third kappa shape index (κ3) is 10.4. The van der Waals surface area contributed by atoms with Crippen molar-refractivity contribution in [3.63, 3.8) is 0 Å². The summed E-state index contributed by atoms with van der Waals surface area (Å²) in [5.74, 6) is 3.52. The molecule has 0 atom stereocenters. The van der Waals surface area contributed by atoms with E-state index >= 15 is 0 Å². The number of pyridine rings is 1. The molecule has 1 aliphatic heterocycles. The van der Waals surface area contributed by atoms with Crippen LogP contribution < -0.4 is 14.5 Å². The van der Waals surface area contributed by atoms with Gasteiger partial charge in [-0.2, -0.15) is 0 Å². The predicted molar refractivity (Wildman–Crippen MR) is 383 cm³/mol. The maximum Gasteiger partial charge on any atom is 0.145 e. The van der Waals surface area contributed by atoms with Crippen LogP contribution in [0.4, 0.5) is 22.7 Å². The van der Waals surface area contributed by atoms with Crippen molar-refractivity contribution in [3.05, 3.63) is 227 Å². The van der Waals surface area contributed by atoms with Gasteiger partial charge in [-0.15, -0.1) is 0 Å². The molecule has 6 heteroatoms. The molecule has 12 aromatic rings. The lowest BCUT2D eigenvalue weighted by molar-refractivity contribution is 0.483. The number of anilines is 4. The second-order valence-corrected chi connectivity index (χ2v) is 29.6. The Kier molecular flexibility index (Phi) is 15.1. The van der Waals surface area contributed by atoms with E-state index in [2.05, 4.69) is 308 Å². The SMILES string of the molecule is CC(C)c1cccc(C(C)C)c1-c1cccc(-c2c(C(C)C)cccc2C(C)C)c1N1CN(c2cc(Oc3ccc4c5c6oc7ccccc7c6ccc5n(-c5cc(C(C)(C)C)ccn5)c4c3)cc(-c3c(C(C)(C)C)cccc3C(C)(C)C)c2)c2ccccc21. The van der Waals surface area contributed by atoms with Gasteiger partial charge < -0.3 is 19.0 Å². The summed E-state index contributed by atoms with van der Waals surface area (Å²) in [7, 11) is 0. The van der Waals surface area contributed by atoms with Gasteiger partial charge in [0.15, 0.2) is 0 Å². The van der Waals surface area contributed by atoms with Gasteiger partial charge >= 0.3 is 0 Å². The second kappa shape index (κ2) is 22.6. The number of nitrogens with zero attached hydrogens (tertiary/aromatic N) is 4. The molecule has 9 aromatic carbocycles. The van der Waals surface area contributed by atoms with Crippen molar-refractivity contribution in [2.75, 3.05) is 16.5 Å². The number of furan rings is 1. The first kappa shape index (κ1) is 60.1. The molecule has 1 aliphatic rings. The quantitative estimate of drug-likeness (QED) is 0.122. The Morgan fingerprint density at radius 1 is 0.444 bits per heavy atom. The van der Waals surface area contributed by atoms with Crippen molar-refractivity contribution in [2.24, 2.45) is 0 Å². The molecule has 90 heavy (non-hydrogen) atoms. The Morgan fingerprint density at radius 2 is 0.989 bits per heavy atom. The zero-order valence-corrected chi connectivity index (χ0v) is 56.0. The molecule has 13 rings (SSSR count). The van der Waals surface area contributed by atoms with E-state index in [1.54, 1.807) is 0 Å². The van der Waals surface area contributed by atoms with Crippen molar-refractivity contribution < 1.29 is 9.15 Å². The third-order valence-electron chi connectivity index (χ3n) is 18.8. The van der Waals surface area contributed by atoms with E-state index in [0.717, 1.165) is 83.7 Å². The van der Waals surface area contributed by atoms with Crippen molar-refractivity contribution in [1.29, 1.82) is 0 Å². The normalized spacial score (nSPS) is 13.3. The maximum absolute atomic E-state index is 7.50. The summed E-state index contributed by atoms with van der Waals surface area (Å²) in [5, 5.41) is 4.30. The number of rotatable bonds is 12. The number of hydrogen-bond acceptors (Lipinski definition) is 5. The molecule has 6 nitrogen and oxygen atoms in total. The largest absolute Gasteiger partial charge is 0.457 e. The van der Waals surface area contributed by atoms with Crippen LogP contribution >= 0.6 is 0 Å². The molecule has 0 spiro atoms. The first-order chi connectivity index (χ1) is 42.9. The van der Waals surface area contributed by atoms with Crippen LogP contribution in [0.1, 0.15) is 180 Å². The van der Waals surface area contributed by atoms with Gasteiger partial charge in [0, 0.05) is 51.3 Å². The Labute approximate surface area is 534 Å². The molecule has 0 aliphatic carbocycles. The summed E-state index contributed by atoms with van der Waals surface area (Å²) in [6, 6.07) is 67.8. The minimum Gasteiger partial charge on any atom is -0.457 e. The molecule has 0 unspecified atom stereocenters. The fourth-order valence-corrected chi connectivity index (χ4v) is 14.4. The highest BCUT2D eigenvalue weighted by molar-refractivity contribution is 6.24. The molecule has 0 saturated heterocycles. The van der Waals surface area contributed by atoms with E-state index in [1.165, 1.54) is 72.4 Å². The van der Waals surface area contributed by atoms with Crippen LogP contribution in [0, 0.1) is 0 Å². The van der Waals surface area contributed by atoms with Crippen molar-refractivity contribution in [2.45, 2.75) is 158 Å². The molecule has 0 radical (unpaired) electrons. The predicted octanol–water partition coefficient (Wildman–Crippen LogP) is 24.5. The summed E-state index contributed by atoms with van der Waals surface area (Å²) < 4.78 is 16.6. The maximum atomic E-state index is 7.50. The highest BCUT2D eigenvalue weighted by Gasteiger charge is 2.36. The minimum absolute atomic E-state index is 0.0938. The zero-order valence-electron chi connectivity index (χ0n) is 56.0. The smallest absolute Gasteiger partial charge is 0.145 e. The number of ether oxygens (including phenoxy) is 1. The lowest BCUT2D eigenvalue weighted by Crippen LogP contribution is -2.25. The molecule has 4 heterocycles. The van der Waals surface area contributed by atoms with E-state index in [0.29, 0.717) is 30.3 Å². The summed E-state index contributed by atoms with van der Waals surface area (Å²) in [5.41, 5.74) is 24.7. The lowest BCUT2D eigenvalue weighted by atomic mass is 9.74. The molecular formula is C84H88N4O2. The van der Waals surface area contributed by atoms with Crippen molar-refractivity contribution in [1.82, 2.24) is 9.55 Å². The minimum atomic E-state index is -0.172. The van der Waals surface area contributed by atoms with Crippen molar-refractivity contribution >= 4 is 66.5 Å². The molecule has 0 bridgehead atoms. The molecule has 3 aromatic heterocycles. The fourth-order valence-electron chi connectivity index (χ4n) is 14.4. The molecule has 0 saturated carbocycles. The Morgan fingerprint density at radius 3 is 1.57 bits per heavy atom. The van der Waals surface area contributed by atoms with Crippen LogP contribution in [0.15, 0.2) is 193 Å². The van der Waals surface area contributed by atoms with E-state index in [9.17, 15) is 0 Å². The summed E-state index contributed by atoms with van der Waals surface area (Å²) in [6.07, 6.45) is 1.94. The summed E-state index contributed by atoms with van der Waals surface area (Å²) in [4.78, 5) is 10.3. The third-order valence-corrected chi connectivity index (χ3v) is 18.8. The Bertz CT molecular complexity index is 4590. The van der Waals surface area contributed by atoms with Gasteiger partial charge in [0.1, 0.15) is 35.2 Å². The molecule has 0 N–H and O–H groups in total. The number of aromatic nitrogens is 2. The van der Waals surface area contributed by atoms with Gasteiger partial charge in [-0.25, -0.2) is 4.98 Å². The molecule has 0 amide bonds. The van der Waals surface area contributed by atoms with Crippen LogP contribution in [0.5, 0.6) is 11.5 Å². The van der Waals surface area contributed by atoms with Crippen LogP contribution in [0.2, 0.25) is 0 Å². The highest BCUT2D eigenvalue weighted by atomic mass is 16.5. The first-order valence-corrected chi connectivity index (χ1v) is 32.7. The first-order valence-electron chi connectivity index (χ1n) is 32.7. The van der Waals surface area contributed by atoms with Crippen LogP contribution in [-0.4, -0.2) is 16.2 Å². The van der Waals surface area contributed by atoms with Gasteiger partial charge in [0.05, 0.1) is 33.5 Å². The van der Waals surface area contributed by atoms with E-state index in [-0.39, 0.29) is 16.2 Å². The topological polar surface area (TPSA) is 46.7 Å². The van der Waals surface area contributed by atoms with Gasteiger partial charge in [0.25, 0.3) is 0 Å². The monoisotopic (exact) mass is 1180 g/mol. The standard InChI is InChI=1S/C84H88N4O2/c1-50(2)59-27-22-28-60(51(3)4)77(59)66-31-24-32-67(78-61(52(5)6)29-23-30-62(78)53(7)8)80(66)87-49-86(70-35-19-20-36-71(70)87)56-44-54(76-68(83(12,13)14)33-25-34-69(76)84(15,16)17)45-58(47-56)89-57-38-39-65-73(48-57)88(75-46-55(42-43-85-75)82(9,10)11)72-41-40-64-63-26-18-21-37-74(63)90-81(64)79(65)72/h18-48,50-53H,49H2,1-17H3. The number of para-hydroxylation sites is 4. The van der Waals surface area contributed by atoms with Gasteiger partial charge in [-0.1, -0.05) is 221 Å². The lowest BCUT2D eigenvalue weighted by Gasteiger charge is -2.32.